The highest BCUT2D eigenvalue weighted by Crippen LogP contribution is 2.32. The number of hydrogen-bond donors (Lipinski definition) is 3. The summed E-state index contributed by atoms with van der Waals surface area (Å²) in [7, 11) is 0. The quantitative estimate of drug-likeness (QED) is 0.629. The van der Waals surface area contributed by atoms with Crippen molar-refractivity contribution < 1.29 is 24.2 Å². The van der Waals surface area contributed by atoms with Gasteiger partial charge in [0.1, 0.15) is 0 Å². The van der Waals surface area contributed by atoms with Crippen molar-refractivity contribution in [1.82, 2.24) is 10.6 Å². The van der Waals surface area contributed by atoms with Gasteiger partial charge in [-0.25, -0.2) is 0 Å². The first kappa shape index (κ1) is 19.7. The molecule has 28 heavy (non-hydrogen) atoms. The van der Waals surface area contributed by atoms with Crippen LogP contribution in [0.25, 0.3) is 0 Å². The number of aliphatic hydroxyl groups is 1. The van der Waals surface area contributed by atoms with E-state index in [4.69, 9.17) is 9.47 Å². The Kier molecular flexibility index (Phi) is 6.16. The summed E-state index contributed by atoms with van der Waals surface area (Å²) in [4.78, 5) is 24.0. The summed E-state index contributed by atoms with van der Waals surface area (Å²) in [6, 6.07) is 15.1. The molecule has 2 amide bonds. The molecule has 0 radical (unpaired) electrons. The second-order valence-corrected chi connectivity index (χ2v) is 7.04. The second-order valence-electron chi connectivity index (χ2n) is 7.04. The summed E-state index contributed by atoms with van der Waals surface area (Å²) < 4.78 is 10.5. The topological polar surface area (TPSA) is 96.9 Å². The average molecular weight is 384 g/mol. The fourth-order valence-electron chi connectivity index (χ4n) is 2.81. The van der Waals surface area contributed by atoms with E-state index in [9.17, 15) is 14.7 Å². The standard InChI is InChI=1S/C21H24N2O5/c1-21(26,10-9-15-5-3-2-4-6-15)13-23-20(25)19(24)22-12-16-7-8-17-18(11-16)28-14-27-17/h2-8,11,26H,9-10,12-14H2,1H3,(H,22,24)(H,23,25)/t21-/m0/s1. The first-order chi connectivity index (χ1) is 13.4. The maximum Gasteiger partial charge on any atom is 0.309 e. The van der Waals surface area contributed by atoms with Crippen LogP contribution in [0.4, 0.5) is 0 Å². The van der Waals surface area contributed by atoms with Gasteiger partial charge in [-0.15, -0.1) is 0 Å². The highest BCUT2D eigenvalue weighted by molar-refractivity contribution is 6.35. The number of aryl methyl sites for hydroxylation is 1. The van der Waals surface area contributed by atoms with Gasteiger partial charge in [0.25, 0.3) is 0 Å². The van der Waals surface area contributed by atoms with Gasteiger partial charge in [-0.05, 0) is 43.0 Å². The van der Waals surface area contributed by atoms with Crippen LogP contribution in [0.5, 0.6) is 11.5 Å². The molecule has 1 aliphatic heterocycles. The first-order valence-electron chi connectivity index (χ1n) is 9.14. The van der Waals surface area contributed by atoms with E-state index in [1.807, 2.05) is 30.3 Å². The Bertz CT molecular complexity index is 836. The number of hydrogen-bond acceptors (Lipinski definition) is 5. The molecule has 3 rings (SSSR count). The van der Waals surface area contributed by atoms with Gasteiger partial charge in [0.05, 0.1) is 5.60 Å². The molecule has 0 aliphatic carbocycles. The molecule has 0 spiro atoms. The number of rotatable bonds is 7. The molecule has 0 saturated carbocycles. The summed E-state index contributed by atoms with van der Waals surface area (Å²) in [5, 5.41) is 15.5. The van der Waals surface area contributed by atoms with Gasteiger partial charge < -0.3 is 25.2 Å². The van der Waals surface area contributed by atoms with Crippen molar-refractivity contribution >= 4 is 11.8 Å². The van der Waals surface area contributed by atoms with Crippen molar-refractivity contribution in [3.63, 3.8) is 0 Å². The number of carbonyl (C=O) groups excluding carboxylic acids is 2. The molecule has 0 bridgehead atoms. The van der Waals surface area contributed by atoms with E-state index in [-0.39, 0.29) is 19.9 Å². The van der Waals surface area contributed by atoms with Crippen molar-refractivity contribution in [2.45, 2.75) is 31.9 Å². The van der Waals surface area contributed by atoms with Crippen LogP contribution < -0.4 is 20.1 Å². The Hall–Kier alpha value is -3.06. The van der Waals surface area contributed by atoms with E-state index in [1.165, 1.54) is 0 Å². The molecule has 0 unspecified atom stereocenters. The van der Waals surface area contributed by atoms with Crippen LogP contribution in [-0.4, -0.2) is 35.9 Å². The Balaban J connectivity index is 1.41. The molecule has 2 aromatic carbocycles. The number of benzene rings is 2. The predicted octanol–water partition coefficient (Wildman–Crippen LogP) is 1.53. The molecule has 148 valence electrons. The van der Waals surface area contributed by atoms with Crippen LogP contribution in [0.3, 0.4) is 0 Å². The van der Waals surface area contributed by atoms with Crippen molar-refractivity contribution in [2.24, 2.45) is 0 Å². The zero-order valence-corrected chi connectivity index (χ0v) is 15.7. The van der Waals surface area contributed by atoms with Gasteiger partial charge in [0, 0.05) is 13.1 Å². The lowest BCUT2D eigenvalue weighted by atomic mass is 9.97. The Labute approximate surface area is 163 Å². The predicted molar refractivity (Wildman–Crippen MR) is 103 cm³/mol. The highest BCUT2D eigenvalue weighted by atomic mass is 16.7. The van der Waals surface area contributed by atoms with Crippen LogP contribution in [0, 0.1) is 0 Å². The van der Waals surface area contributed by atoms with Crippen LogP contribution in [0.2, 0.25) is 0 Å². The van der Waals surface area contributed by atoms with Crippen molar-refractivity contribution in [3.8, 4) is 11.5 Å². The zero-order chi connectivity index (χ0) is 20.0. The third-order valence-electron chi connectivity index (χ3n) is 4.52. The van der Waals surface area contributed by atoms with Gasteiger partial charge in [-0.1, -0.05) is 36.4 Å². The van der Waals surface area contributed by atoms with Gasteiger partial charge >= 0.3 is 11.8 Å². The molecule has 2 aromatic rings. The van der Waals surface area contributed by atoms with E-state index in [0.29, 0.717) is 24.3 Å². The molecule has 1 heterocycles. The van der Waals surface area contributed by atoms with Gasteiger partial charge in [0.15, 0.2) is 11.5 Å². The van der Waals surface area contributed by atoms with Crippen LogP contribution in [0.1, 0.15) is 24.5 Å². The Morgan fingerprint density at radius 3 is 2.50 bits per heavy atom. The van der Waals surface area contributed by atoms with E-state index in [0.717, 1.165) is 11.1 Å². The minimum Gasteiger partial charge on any atom is -0.454 e. The lowest BCUT2D eigenvalue weighted by molar-refractivity contribution is -0.139. The van der Waals surface area contributed by atoms with E-state index in [1.54, 1.807) is 25.1 Å². The van der Waals surface area contributed by atoms with Gasteiger partial charge in [0.2, 0.25) is 6.79 Å². The first-order valence-corrected chi connectivity index (χ1v) is 9.14. The highest BCUT2D eigenvalue weighted by Gasteiger charge is 2.23. The van der Waals surface area contributed by atoms with E-state index >= 15 is 0 Å². The zero-order valence-electron chi connectivity index (χ0n) is 15.7. The normalized spacial score (nSPS) is 14.2. The fourth-order valence-corrected chi connectivity index (χ4v) is 2.81. The molecular weight excluding hydrogens is 360 g/mol. The lowest BCUT2D eigenvalue weighted by Gasteiger charge is -2.23. The minimum atomic E-state index is -1.11. The van der Waals surface area contributed by atoms with Crippen LogP contribution in [-0.2, 0) is 22.6 Å². The molecule has 7 nitrogen and oxygen atoms in total. The summed E-state index contributed by atoms with van der Waals surface area (Å²) in [5.41, 5.74) is 0.791. The molecule has 3 N–H and O–H groups in total. The number of amides is 2. The van der Waals surface area contributed by atoms with Gasteiger partial charge in [-0.3, -0.25) is 9.59 Å². The molecule has 0 fully saturated rings. The molecule has 7 heteroatoms. The summed E-state index contributed by atoms with van der Waals surface area (Å²) in [6.45, 7) is 2.00. The SMILES string of the molecule is C[C@](O)(CCc1ccccc1)CNC(=O)C(=O)NCc1ccc2c(c1)OCO2. The molecular formula is C21H24N2O5. The third-order valence-corrected chi connectivity index (χ3v) is 4.52. The number of nitrogens with one attached hydrogen (secondary N) is 2. The fraction of sp³-hybridized carbons (Fsp3) is 0.333. The van der Waals surface area contributed by atoms with Crippen molar-refractivity contribution in [3.05, 3.63) is 59.7 Å². The second kappa shape index (κ2) is 8.75. The van der Waals surface area contributed by atoms with E-state index in [2.05, 4.69) is 10.6 Å². The minimum absolute atomic E-state index is 0.00386. The number of ether oxygens (including phenoxy) is 2. The van der Waals surface area contributed by atoms with Crippen molar-refractivity contribution in [2.75, 3.05) is 13.3 Å². The smallest absolute Gasteiger partial charge is 0.309 e. The summed E-state index contributed by atoms with van der Waals surface area (Å²) in [5.74, 6) is -0.256. The van der Waals surface area contributed by atoms with Gasteiger partial charge in [-0.2, -0.15) is 0 Å². The lowest BCUT2D eigenvalue weighted by Crippen LogP contribution is -2.46. The summed E-state index contributed by atoms with van der Waals surface area (Å²) in [6.07, 6.45) is 1.15. The molecule has 0 saturated heterocycles. The average Bonchev–Trinajstić information content (AvgIpc) is 3.17. The Morgan fingerprint density at radius 2 is 1.71 bits per heavy atom. The third kappa shape index (κ3) is 5.47. The molecule has 1 aliphatic rings. The molecule has 1 atom stereocenters. The maximum atomic E-state index is 12.0. The van der Waals surface area contributed by atoms with E-state index < -0.39 is 17.4 Å². The van der Waals surface area contributed by atoms with Crippen LogP contribution in [0.15, 0.2) is 48.5 Å². The maximum absolute atomic E-state index is 12.0. The Morgan fingerprint density at radius 1 is 1.00 bits per heavy atom. The summed E-state index contributed by atoms with van der Waals surface area (Å²) >= 11 is 0. The number of carbonyl (C=O) groups is 2. The number of fused-ring (bicyclic) bond motifs is 1. The van der Waals surface area contributed by atoms with Crippen molar-refractivity contribution in [1.29, 1.82) is 0 Å². The molecule has 0 aromatic heterocycles. The largest absolute Gasteiger partial charge is 0.454 e. The monoisotopic (exact) mass is 384 g/mol. The van der Waals surface area contributed by atoms with Crippen LogP contribution >= 0.6 is 0 Å².